The highest BCUT2D eigenvalue weighted by Crippen LogP contribution is 2.26. The number of halogens is 1. The van der Waals surface area contributed by atoms with Gasteiger partial charge >= 0.3 is 5.97 Å². The molecule has 3 aromatic carbocycles. The molecule has 0 bridgehead atoms. The number of amides is 1. The first kappa shape index (κ1) is 25.9. The van der Waals surface area contributed by atoms with Crippen LogP contribution in [-0.2, 0) is 20.7 Å². The molecule has 1 N–H and O–H groups in total. The Kier molecular flexibility index (Phi) is 8.89. The van der Waals surface area contributed by atoms with Gasteiger partial charge in [0.15, 0.2) is 6.61 Å². The minimum Gasteiger partial charge on any atom is -0.452 e. The van der Waals surface area contributed by atoms with Gasteiger partial charge < -0.3 is 10.1 Å². The summed E-state index contributed by atoms with van der Waals surface area (Å²) in [5.74, 6) is -0.942. The lowest BCUT2D eigenvalue weighted by molar-refractivity contribution is -0.144. The molecule has 1 aromatic heterocycles. The largest absolute Gasteiger partial charge is 0.452 e. The molecule has 4 rings (SSSR count). The maximum atomic E-state index is 12.4. The number of nitrogens with one attached hydrogen (secondary N) is 1. The SMILES string of the molecule is CC(CCc1ccccc1)NC(=O)COC(=O)/C=C/c1cn(-c2ccccc2)nc1-c1ccc(Cl)cc1. The molecule has 0 aliphatic rings. The standard InChI is InChI=1S/C30H28ClN3O3/c1-22(12-13-23-8-4-2-5-9-23)32-28(35)21-37-29(36)19-16-25-20-34(27-10-6-3-7-11-27)33-30(25)24-14-17-26(31)18-15-24/h2-11,14-20,22H,12-13,21H2,1H3,(H,32,35)/b19-16+. The third-order valence-electron chi connectivity index (χ3n) is 5.74. The Labute approximate surface area is 221 Å². The lowest BCUT2D eigenvalue weighted by Crippen LogP contribution is -2.36. The van der Waals surface area contributed by atoms with Crippen LogP contribution in [0.4, 0.5) is 0 Å². The molecule has 1 unspecified atom stereocenters. The first-order chi connectivity index (χ1) is 18.0. The summed E-state index contributed by atoms with van der Waals surface area (Å²) in [4.78, 5) is 24.6. The van der Waals surface area contributed by atoms with Gasteiger partial charge in [-0.25, -0.2) is 9.48 Å². The normalized spacial score (nSPS) is 11.8. The minimum atomic E-state index is -0.610. The van der Waals surface area contributed by atoms with Crippen LogP contribution in [0.5, 0.6) is 0 Å². The summed E-state index contributed by atoms with van der Waals surface area (Å²) in [6, 6.07) is 27.1. The van der Waals surface area contributed by atoms with Crippen molar-refractivity contribution in [2.24, 2.45) is 0 Å². The summed E-state index contributed by atoms with van der Waals surface area (Å²) in [6.45, 7) is 1.59. The predicted octanol–water partition coefficient (Wildman–Crippen LogP) is 5.89. The van der Waals surface area contributed by atoms with Crippen LogP contribution in [0, 0.1) is 0 Å². The molecule has 37 heavy (non-hydrogen) atoms. The number of rotatable bonds is 10. The molecule has 0 saturated carbocycles. The molecule has 0 spiro atoms. The van der Waals surface area contributed by atoms with E-state index < -0.39 is 5.97 Å². The molecule has 1 amide bonds. The maximum Gasteiger partial charge on any atom is 0.331 e. The van der Waals surface area contributed by atoms with Crippen molar-refractivity contribution in [1.82, 2.24) is 15.1 Å². The number of benzene rings is 3. The van der Waals surface area contributed by atoms with E-state index in [-0.39, 0.29) is 18.6 Å². The Balaban J connectivity index is 1.36. The van der Waals surface area contributed by atoms with Gasteiger partial charge in [-0.2, -0.15) is 5.10 Å². The second-order valence-electron chi connectivity index (χ2n) is 8.65. The molecule has 0 aliphatic heterocycles. The number of carbonyl (C=O) groups is 2. The minimum absolute atomic E-state index is 0.0345. The summed E-state index contributed by atoms with van der Waals surface area (Å²) < 4.78 is 6.91. The van der Waals surface area contributed by atoms with Crippen molar-refractivity contribution < 1.29 is 14.3 Å². The number of hydrogen-bond donors (Lipinski definition) is 1. The highest BCUT2D eigenvalue weighted by atomic mass is 35.5. The molecule has 1 atom stereocenters. The van der Waals surface area contributed by atoms with Crippen LogP contribution >= 0.6 is 11.6 Å². The number of carbonyl (C=O) groups excluding carboxylic acids is 2. The summed E-state index contributed by atoms with van der Waals surface area (Å²) >= 11 is 6.05. The van der Waals surface area contributed by atoms with Crippen LogP contribution in [0.25, 0.3) is 23.0 Å². The third-order valence-corrected chi connectivity index (χ3v) is 5.99. The van der Waals surface area contributed by atoms with Crippen molar-refractivity contribution >= 4 is 29.6 Å². The van der Waals surface area contributed by atoms with Gasteiger partial charge in [-0.3, -0.25) is 4.79 Å². The summed E-state index contributed by atoms with van der Waals surface area (Å²) in [7, 11) is 0. The molecule has 188 valence electrons. The van der Waals surface area contributed by atoms with Gasteiger partial charge in [0.2, 0.25) is 0 Å². The van der Waals surface area contributed by atoms with E-state index in [0.29, 0.717) is 10.7 Å². The lowest BCUT2D eigenvalue weighted by Gasteiger charge is -2.13. The van der Waals surface area contributed by atoms with Gasteiger partial charge in [0.25, 0.3) is 5.91 Å². The third kappa shape index (κ3) is 7.66. The van der Waals surface area contributed by atoms with E-state index in [1.165, 1.54) is 11.6 Å². The van der Waals surface area contributed by atoms with E-state index in [9.17, 15) is 9.59 Å². The van der Waals surface area contributed by atoms with Gasteiger partial charge in [0, 0.05) is 34.5 Å². The maximum absolute atomic E-state index is 12.4. The predicted molar refractivity (Wildman–Crippen MR) is 146 cm³/mol. The molecular weight excluding hydrogens is 486 g/mol. The number of nitrogens with zero attached hydrogens (tertiary/aromatic N) is 2. The summed E-state index contributed by atoms with van der Waals surface area (Å²) in [6.07, 6.45) is 6.43. The number of esters is 1. The second-order valence-corrected chi connectivity index (χ2v) is 9.09. The fourth-order valence-electron chi connectivity index (χ4n) is 3.81. The summed E-state index contributed by atoms with van der Waals surface area (Å²) in [5, 5.41) is 8.21. The molecule has 0 saturated heterocycles. The zero-order chi connectivity index (χ0) is 26.0. The van der Waals surface area contributed by atoms with Gasteiger partial charge in [0.1, 0.15) is 0 Å². The van der Waals surface area contributed by atoms with Crippen molar-refractivity contribution in [1.29, 1.82) is 0 Å². The average Bonchev–Trinajstić information content (AvgIpc) is 3.35. The molecule has 7 heteroatoms. The van der Waals surface area contributed by atoms with Crippen LogP contribution in [0.2, 0.25) is 5.02 Å². The zero-order valence-electron chi connectivity index (χ0n) is 20.5. The quantitative estimate of drug-likeness (QED) is 0.212. The Morgan fingerprint density at radius 1 is 1.00 bits per heavy atom. The molecule has 1 heterocycles. The molecule has 0 aliphatic carbocycles. The molecule has 6 nitrogen and oxygen atoms in total. The second kappa shape index (κ2) is 12.7. The average molecular weight is 514 g/mol. The smallest absolute Gasteiger partial charge is 0.331 e. The van der Waals surface area contributed by atoms with Crippen molar-refractivity contribution in [3.63, 3.8) is 0 Å². The van der Waals surface area contributed by atoms with Crippen molar-refractivity contribution in [2.45, 2.75) is 25.8 Å². The van der Waals surface area contributed by atoms with E-state index in [1.54, 1.807) is 22.9 Å². The zero-order valence-corrected chi connectivity index (χ0v) is 21.3. The number of para-hydroxylation sites is 1. The first-order valence-corrected chi connectivity index (χ1v) is 12.4. The Morgan fingerprint density at radius 2 is 1.68 bits per heavy atom. The topological polar surface area (TPSA) is 73.2 Å². The fourth-order valence-corrected chi connectivity index (χ4v) is 3.94. The fraction of sp³-hybridized carbons (Fsp3) is 0.167. The van der Waals surface area contributed by atoms with Crippen molar-refractivity contribution in [3.05, 3.63) is 113 Å². The molecule has 4 aromatic rings. The van der Waals surface area contributed by atoms with E-state index in [4.69, 9.17) is 21.4 Å². The number of aryl methyl sites for hydroxylation is 1. The summed E-state index contributed by atoms with van der Waals surface area (Å²) in [5.41, 5.74) is 4.37. The number of aromatic nitrogens is 2. The van der Waals surface area contributed by atoms with Crippen LogP contribution in [-0.4, -0.2) is 34.3 Å². The Hall–Kier alpha value is -4.16. The van der Waals surface area contributed by atoms with Crippen molar-refractivity contribution in [3.8, 4) is 16.9 Å². The number of ether oxygens (including phenoxy) is 1. The van der Waals surface area contributed by atoms with Crippen LogP contribution < -0.4 is 5.32 Å². The molecule has 0 radical (unpaired) electrons. The number of hydrogen-bond acceptors (Lipinski definition) is 4. The van der Waals surface area contributed by atoms with Gasteiger partial charge in [-0.1, -0.05) is 72.3 Å². The van der Waals surface area contributed by atoms with E-state index in [1.807, 2.05) is 73.8 Å². The highest BCUT2D eigenvalue weighted by Gasteiger charge is 2.13. The van der Waals surface area contributed by atoms with Gasteiger partial charge in [-0.15, -0.1) is 0 Å². The van der Waals surface area contributed by atoms with Gasteiger partial charge in [0.05, 0.1) is 11.4 Å². The lowest BCUT2D eigenvalue weighted by atomic mass is 10.1. The Bertz CT molecular complexity index is 1350. The van der Waals surface area contributed by atoms with Crippen LogP contribution in [0.1, 0.15) is 24.5 Å². The van der Waals surface area contributed by atoms with Crippen LogP contribution in [0.3, 0.4) is 0 Å². The van der Waals surface area contributed by atoms with Gasteiger partial charge in [-0.05, 0) is 55.7 Å². The Morgan fingerprint density at radius 3 is 2.38 bits per heavy atom. The highest BCUT2D eigenvalue weighted by molar-refractivity contribution is 6.30. The first-order valence-electron chi connectivity index (χ1n) is 12.1. The molecular formula is C30H28ClN3O3. The van der Waals surface area contributed by atoms with E-state index in [2.05, 4.69) is 17.4 Å². The molecule has 0 fully saturated rings. The van der Waals surface area contributed by atoms with E-state index >= 15 is 0 Å². The van der Waals surface area contributed by atoms with Crippen molar-refractivity contribution in [2.75, 3.05) is 6.61 Å². The van der Waals surface area contributed by atoms with E-state index in [0.717, 1.165) is 29.7 Å². The monoisotopic (exact) mass is 513 g/mol. The van der Waals surface area contributed by atoms with Crippen LogP contribution in [0.15, 0.2) is 97.2 Å².